The average Bonchev–Trinajstić information content (AvgIpc) is 2.83. The molecule has 0 saturated heterocycles. The minimum absolute atomic E-state index is 0.0109. The van der Waals surface area contributed by atoms with Crippen LogP contribution in [0.4, 0.5) is 5.69 Å². The summed E-state index contributed by atoms with van der Waals surface area (Å²) < 4.78 is 43.5. The van der Waals surface area contributed by atoms with Crippen LogP contribution in [0.15, 0.2) is 71.6 Å². The first-order chi connectivity index (χ1) is 15.8. The number of hydrogen-bond acceptors (Lipinski definition) is 6. The van der Waals surface area contributed by atoms with Gasteiger partial charge in [0.15, 0.2) is 6.61 Å². The predicted octanol–water partition coefficient (Wildman–Crippen LogP) is 3.85. The number of carbonyl (C=O) groups excluding carboxylic acids is 1. The molecule has 8 nitrogen and oxygen atoms in total. The summed E-state index contributed by atoms with van der Waals surface area (Å²) in [6.07, 6.45) is 0. The highest BCUT2D eigenvalue weighted by Crippen LogP contribution is 2.30. The Morgan fingerprint density at radius 1 is 0.939 bits per heavy atom. The van der Waals surface area contributed by atoms with Crippen LogP contribution in [0.1, 0.15) is 5.56 Å². The second-order valence-corrected chi connectivity index (χ2v) is 8.98. The summed E-state index contributed by atoms with van der Waals surface area (Å²) in [7, 11) is -0.771. The van der Waals surface area contributed by atoms with E-state index in [1.54, 1.807) is 18.2 Å². The Kier molecular flexibility index (Phi) is 8.16. The molecule has 0 aliphatic heterocycles. The zero-order chi connectivity index (χ0) is 23.8. The van der Waals surface area contributed by atoms with E-state index >= 15 is 0 Å². The number of nitrogens with one attached hydrogen (secondary N) is 2. The fourth-order valence-corrected chi connectivity index (χ4v) is 4.20. The van der Waals surface area contributed by atoms with Crippen molar-refractivity contribution in [3.63, 3.8) is 0 Å². The normalized spacial score (nSPS) is 11.0. The zero-order valence-corrected chi connectivity index (χ0v) is 19.6. The van der Waals surface area contributed by atoms with Gasteiger partial charge < -0.3 is 19.5 Å². The molecule has 0 aliphatic rings. The lowest BCUT2D eigenvalue weighted by molar-refractivity contribution is -0.118. The Morgan fingerprint density at radius 2 is 1.70 bits per heavy atom. The van der Waals surface area contributed by atoms with Crippen LogP contribution >= 0.6 is 11.6 Å². The van der Waals surface area contributed by atoms with Crippen LogP contribution in [0, 0.1) is 0 Å². The Labute approximate surface area is 197 Å². The number of ether oxygens (including phenoxy) is 3. The van der Waals surface area contributed by atoms with E-state index in [1.807, 2.05) is 30.3 Å². The number of hydrogen-bond donors (Lipinski definition) is 2. The van der Waals surface area contributed by atoms with Crippen molar-refractivity contribution in [3.8, 4) is 17.2 Å². The van der Waals surface area contributed by atoms with Gasteiger partial charge in [-0.15, -0.1) is 0 Å². The SMILES string of the molecule is COc1ccc(NC(=O)COc2ccc(S(=O)(=O)NCc3ccccc3)cc2Cl)c(OC)c1. The standard InChI is InChI=1S/C23H23ClN2O6S/c1-30-17-8-10-20(22(12-17)31-2)26-23(27)15-32-21-11-9-18(13-19(21)24)33(28,29)25-14-16-6-4-3-5-7-16/h3-13,25H,14-15H2,1-2H3,(H,26,27). The second-order valence-electron chi connectivity index (χ2n) is 6.81. The summed E-state index contributed by atoms with van der Waals surface area (Å²) in [6, 6.07) is 18.1. The molecule has 0 aliphatic carbocycles. The summed E-state index contributed by atoms with van der Waals surface area (Å²) in [4.78, 5) is 12.3. The van der Waals surface area contributed by atoms with Crippen LogP contribution in [0.5, 0.6) is 17.2 Å². The van der Waals surface area contributed by atoms with E-state index in [0.717, 1.165) is 5.56 Å². The highest BCUT2D eigenvalue weighted by molar-refractivity contribution is 7.89. The lowest BCUT2D eigenvalue weighted by atomic mass is 10.2. The van der Waals surface area contributed by atoms with Crippen molar-refractivity contribution < 1.29 is 27.4 Å². The summed E-state index contributed by atoms with van der Waals surface area (Å²) >= 11 is 6.19. The Morgan fingerprint density at radius 3 is 2.36 bits per heavy atom. The molecule has 2 N–H and O–H groups in total. The molecule has 3 aromatic rings. The van der Waals surface area contributed by atoms with E-state index < -0.39 is 15.9 Å². The number of methoxy groups -OCH3 is 2. The molecule has 174 valence electrons. The maximum Gasteiger partial charge on any atom is 0.262 e. The van der Waals surface area contributed by atoms with Gasteiger partial charge in [0, 0.05) is 12.6 Å². The third kappa shape index (κ3) is 6.61. The number of rotatable bonds is 10. The molecule has 1 amide bonds. The van der Waals surface area contributed by atoms with Crippen LogP contribution in [0.2, 0.25) is 5.02 Å². The summed E-state index contributed by atoms with van der Waals surface area (Å²) in [5, 5.41) is 2.74. The number of benzene rings is 3. The molecule has 33 heavy (non-hydrogen) atoms. The van der Waals surface area contributed by atoms with Crippen LogP contribution in [0.25, 0.3) is 0 Å². The quantitative estimate of drug-likeness (QED) is 0.447. The molecule has 3 aromatic carbocycles. The minimum atomic E-state index is -3.78. The summed E-state index contributed by atoms with van der Waals surface area (Å²) in [5.74, 6) is 0.741. The lowest BCUT2D eigenvalue weighted by Crippen LogP contribution is -2.23. The molecule has 0 fully saturated rings. The van der Waals surface area contributed by atoms with Crippen molar-refractivity contribution in [3.05, 3.63) is 77.3 Å². The van der Waals surface area contributed by atoms with Gasteiger partial charge in [0.25, 0.3) is 5.91 Å². The molecule has 3 rings (SSSR count). The first-order valence-corrected chi connectivity index (χ1v) is 11.7. The van der Waals surface area contributed by atoms with Crippen LogP contribution in [-0.4, -0.2) is 35.2 Å². The summed E-state index contributed by atoms with van der Waals surface area (Å²) in [5.41, 5.74) is 1.27. The number of carbonyl (C=O) groups is 1. The third-order valence-electron chi connectivity index (χ3n) is 4.56. The van der Waals surface area contributed by atoms with Gasteiger partial charge in [-0.1, -0.05) is 41.9 Å². The molecule has 0 bridgehead atoms. The van der Waals surface area contributed by atoms with Gasteiger partial charge in [-0.2, -0.15) is 0 Å². The fourth-order valence-electron chi connectivity index (χ4n) is 2.85. The van der Waals surface area contributed by atoms with E-state index in [2.05, 4.69) is 10.0 Å². The van der Waals surface area contributed by atoms with E-state index in [-0.39, 0.29) is 28.8 Å². The highest BCUT2D eigenvalue weighted by atomic mass is 35.5. The predicted molar refractivity (Wildman–Crippen MR) is 126 cm³/mol. The molecule has 0 radical (unpaired) electrons. The van der Waals surface area contributed by atoms with Gasteiger partial charge >= 0.3 is 0 Å². The van der Waals surface area contributed by atoms with Gasteiger partial charge in [-0.25, -0.2) is 13.1 Å². The molecule has 0 saturated carbocycles. The molecule has 0 atom stereocenters. The Bertz CT molecular complexity index is 1220. The molecule has 10 heteroatoms. The van der Waals surface area contributed by atoms with Crippen molar-refractivity contribution in [1.29, 1.82) is 0 Å². The Hall–Kier alpha value is -3.27. The molecule has 0 spiro atoms. The summed E-state index contributed by atoms with van der Waals surface area (Å²) in [6.45, 7) is -0.193. The Balaban J connectivity index is 1.60. The fraction of sp³-hybridized carbons (Fsp3) is 0.174. The van der Waals surface area contributed by atoms with Crippen molar-refractivity contribution in [2.75, 3.05) is 26.1 Å². The van der Waals surface area contributed by atoms with Crippen molar-refractivity contribution in [1.82, 2.24) is 4.72 Å². The lowest BCUT2D eigenvalue weighted by Gasteiger charge is -2.13. The monoisotopic (exact) mass is 490 g/mol. The third-order valence-corrected chi connectivity index (χ3v) is 6.26. The van der Waals surface area contributed by atoms with Crippen molar-refractivity contribution in [2.45, 2.75) is 11.4 Å². The second kappa shape index (κ2) is 11.0. The number of halogens is 1. The molecule has 0 aromatic heterocycles. The van der Waals surface area contributed by atoms with E-state index in [9.17, 15) is 13.2 Å². The first-order valence-electron chi connectivity index (χ1n) is 9.80. The highest BCUT2D eigenvalue weighted by Gasteiger charge is 2.17. The molecule has 0 heterocycles. The number of sulfonamides is 1. The topological polar surface area (TPSA) is 103 Å². The van der Waals surface area contributed by atoms with Crippen LogP contribution in [0.3, 0.4) is 0 Å². The van der Waals surface area contributed by atoms with E-state index in [4.69, 9.17) is 25.8 Å². The van der Waals surface area contributed by atoms with Gasteiger partial charge in [0.2, 0.25) is 10.0 Å². The average molecular weight is 491 g/mol. The largest absolute Gasteiger partial charge is 0.497 e. The van der Waals surface area contributed by atoms with Gasteiger partial charge in [-0.3, -0.25) is 4.79 Å². The van der Waals surface area contributed by atoms with Gasteiger partial charge in [0.1, 0.15) is 17.2 Å². The van der Waals surface area contributed by atoms with Crippen molar-refractivity contribution in [2.24, 2.45) is 0 Å². The zero-order valence-electron chi connectivity index (χ0n) is 18.0. The molecular formula is C23H23ClN2O6S. The number of amides is 1. The minimum Gasteiger partial charge on any atom is -0.497 e. The van der Waals surface area contributed by atoms with E-state index in [1.165, 1.54) is 32.4 Å². The van der Waals surface area contributed by atoms with Gasteiger partial charge in [0.05, 0.1) is 29.8 Å². The maximum absolute atomic E-state index is 12.5. The first kappa shape index (κ1) is 24.4. The van der Waals surface area contributed by atoms with Crippen LogP contribution in [-0.2, 0) is 21.4 Å². The van der Waals surface area contributed by atoms with Crippen molar-refractivity contribution >= 4 is 33.2 Å². The van der Waals surface area contributed by atoms with E-state index in [0.29, 0.717) is 17.2 Å². The maximum atomic E-state index is 12.5. The van der Waals surface area contributed by atoms with Gasteiger partial charge in [-0.05, 0) is 35.9 Å². The smallest absolute Gasteiger partial charge is 0.262 e. The van der Waals surface area contributed by atoms with Crippen LogP contribution < -0.4 is 24.2 Å². The molecule has 0 unspecified atom stereocenters. The number of anilines is 1. The molecular weight excluding hydrogens is 468 g/mol.